The minimum atomic E-state index is -1.02. The summed E-state index contributed by atoms with van der Waals surface area (Å²) in [4.78, 5) is 23.1. The Morgan fingerprint density at radius 1 is 1.58 bits per heavy atom. The Morgan fingerprint density at radius 3 is 2.95 bits per heavy atom. The number of nitrogens with zero attached hydrogens (tertiary/aromatic N) is 2. The van der Waals surface area contributed by atoms with Gasteiger partial charge in [0.25, 0.3) is 0 Å². The molecule has 0 amide bonds. The number of carboxylic acid groups (broad SMARTS) is 1. The number of halogens is 1. The number of aromatic carboxylic acids is 1. The van der Waals surface area contributed by atoms with Crippen molar-refractivity contribution >= 4 is 33.7 Å². The second kappa shape index (κ2) is 5.62. The molecule has 0 fully saturated rings. The van der Waals surface area contributed by atoms with Crippen LogP contribution in [-0.4, -0.2) is 25.8 Å². The van der Waals surface area contributed by atoms with Crippen LogP contribution in [-0.2, 0) is 6.54 Å². The van der Waals surface area contributed by atoms with Gasteiger partial charge in [-0.2, -0.15) is 0 Å². The maximum Gasteiger partial charge on any atom is 0.343 e. The minimum Gasteiger partial charge on any atom is -0.478 e. The van der Waals surface area contributed by atoms with Crippen LogP contribution in [0, 0.1) is 0 Å². The number of rotatable bonds is 4. The standard InChI is InChI=1S/C11H10BrN3O3S/c1-2-15-10(18)13-14-11(15)19-8-5-6(12)3-4-7(8)9(16)17/h3-5H,2H2,1H3,(H,13,18)(H,16,17). The number of aromatic nitrogens is 3. The number of nitrogens with one attached hydrogen (secondary N) is 1. The number of hydrogen-bond donors (Lipinski definition) is 2. The summed E-state index contributed by atoms with van der Waals surface area (Å²) in [6, 6.07) is 4.86. The summed E-state index contributed by atoms with van der Waals surface area (Å²) in [6.45, 7) is 2.29. The molecule has 19 heavy (non-hydrogen) atoms. The van der Waals surface area contributed by atoms with Crippen LogP contribution in [0.2, 0.25) is 0 Å². The van der Waals surface area contributed by atoms with Gasteiger partial charge in [0.05, 0.1) is 5.56 Å². The first-order valence-electron chi connectivity index (χ1n) is 5.38. The van der Waals surface area contributed by atoms with E-state index in [1.54, 1.807) is 12.1 Å². The number of carboxylic acids is 1. The monoisotopic (exact) mass is 343 g/mol. The molecule has 8 heteroatoms. The van der Waals surface area contributed by atoms with Gasteiger partial charge in [0.1, 0.15) is 0 Å². The predicted octanol–water partition coefficient (Wildman–Crippen LogP) is 2.20. The lowest BCUT2D eigenvalue weighted by Gasteiger charge is -2.06. The number of hydrogen-bond acceptors (Lipinski definition) is 4. The first kappa shape index (κ1) is 13.9. The predicted molar refractivity (Wildman–Crippen MR) is 73.7 cm³/mol. The molecule has 0 aliphatic heterocycles. The summed E-state index contributed by atoms with van der Waals surface area (Å²) in [7, 11) is 0. The molecule has 0 radical (unpaired) electrons. The van der Waals surface area contributed by atoms with Gasteiger partial charge in [-0.05, 0) is 36.9 Å². The summed E-state index contributed by atoms with van der Waals surface area (Å²) in [5.74, 6) is -1.02. The van der Waals surface area contributed by atoms with Crippen molar-refractivity contribution in [3.63, 3.8) is 0 Å². The minimum absolute atomic E-state index is 0.173. The molecule has 0 aliphatic carbocycles. The number of aromatic amines is 1. The second-order valence-corrected chi connectivity index (χ2v) is 5.53. The summed E-state index contributed by atoms with van der Waals surface area (Å²) in [5, 5.41) is 15.8. The molecule has 1 heterocycles. The highest BCUT2D eigenvalue weighted by atomic mass is 79.9. The third-order valence-electron chi connectivity index (χ3n) is 2.41. The van der Waals surface area contributed by atoms with Gasteiger partial charge < -0.3 is 5.11 Å². The largest absolute Gasteiger partial charge is 0.478 e. The maximum atomic E-state index is 11.5. The van der Waals surface area contributed by atoms with E-state index < -0.39 is 5.97 Å². The molecule has 2 aromatic rings. The maximum absolute atomic E-state index is 11.5. The van der Waals surface area contributed by atoms with Crippen LogP contribution in [0.4, 0.5) is 0 Å². The highest BCUT2D eigenvalue weighted by Crippen LogP contribution is 2.31. The third-order valence-corrected chi connectivity index (χ3v) is 3.96. The van der Waals surface area contributed by atoms with E-state index in [0.717, 1.165) is 16.2 Å². The van der Waals surface area contributed by atoms with Crippen molar-refractivity contribution in [2.75, 3.05) is 0 Å². The normalized spacial score (nSPS) is 10.6. The Kier molecular flexibility index (Phi) is 4.11. The lowest BCUT2D eigenvalue weighted by atomic mass is 10.2. The molecule has 0 unspecified atom stereocenters. The summed E-state index contributed by atoms with van der Waals surface area (Å²) >= 11 is 4.44. The number of benzene rings is 1. The van der Waals surface area contributed by atoms with Crippen molar-refractivity contribution in [1.82, 2.24) is 14.8 Å². The molecule has 2 rings (SSSR count). The van der Waals surface area contributed by atoms with Crippen LogP contribution in [0.1, 0.15) is 17.3 Å². The van der Waals surface area contributed by atoms with Crippen molar-refractivity contribution in [2.45, 2.75) is 23.5 Å². The Labute approximate surface area is 121 Å². The van der Waals surface area contributed by atoms with Crippen LogP contribution in [0.25, 0.3) is 0 Å². The molecule has 0 aliphatic rings. The lowest BCUT2D eigenvalue weighted by molar-refractivity contribution is 0.0693. The number of carbonyl (C=O) groups is 1. The molecule has 100 valence electrons. The molecule has 6 nitrogen and oxygen atoms in total. The molecular weight excluding hydrogens is 334 g/mol. The van der Waals surface area contributed by atoms with E-state index in [2.05, 4.69) is 26.1 Å². The van der Waals surface area contributed by atoms with Crippen LogP contribution >= 0.6 is 27.7 Å². The smallest absolute Gasteiger partial charge is 0.343 e. The Hall–Kier alpha value is -1.54. The van der Waals surface area contributed by atoms with Gasteiger partial charge in [-0.3, -0.25) is 4.57 Å². The highest BCUT2D eigenvalue weighted by Gasteiger charge is 2.15. The van der Waals surface area contributed by atoms with Crippen molar-refractivity contribution in [1.29, 1.82) is 0 Å². The van der Waals surface area contributed by atoms with Gasteiger partial charge in [0, 0.05) is 15.9 Å². The van der Waals surface area contributed by atoms with Crippen molar-refractivity contribution in [3.05, 3.63) is 38.7 Å². The zero-order valence-corrected chi connectivity index (χ0v) is 12.3. The second-order valence-electron chi connectivity index (χ2n) is 3.60. The average molecular weight is 344 g/mol. The zero-order valence-electron chi connectivity index (χ0n) is 9.88. The fourth-order valence-electron chi connectivity index (χ4n) is 1.52. The van der Waals surface area contributed by atoms with Gasteiger partial charge >= 0.3 is 11.7 Å². The molecule has 0 saturated heterocycles. The van der Waals surface area contributed by atoms with Crippen LogP contribution in [0.5, 0.6) is 0 Å². The van der Waals surface area contributed by atoms with E-state index in [0.29, 0.717) is 16.6 Å². The van der Waals surface area contributed by atoms with Crippen molar-refractivity contribution in [2.24, 2.45) is 0 Å². The van der Waals surface area contributed by atoms with Crippen LogP contribution in [0.3, 0.4) is 0 Å². The molecular formula is C11H10BrN3O3S. The Balaban J connectivity index is 2.45. The summed E-state index contributed by atoms with van der Waals surface area (Å²) in [6.07, 6.45) is 0. The van der Waals surface area contributed by atoms with E-state index in [1.165, 1.54) is 10.6 Å². The van der Waals surface area contributed by atoms with E-state index in [1.807, 2.05) is 6.92 Å². The molecule has 0 bridgehead atoms. The molecule has 0 saturated carbocycles. The first-order valence-corrected chi connectivity index (χ1v) is 6.99. The van der Waals surface area contributed by atoms with Gasteiger partial charge in [-0.25, -0.2) is 14.7 Å². The SMILES string of the molecule is CCn1c(Sc2cc(Br)ccc2C(=O)O)n[nH]c1=O. The Bertz CT molecular complexity index is 680. The van der Waals surface area contributed by atoms with E-state index in [-0.39, 0.29) is 11.3 Å². The van der Waals surface area contributed by atoms with Crippen molar-refractivity contribution in [3.8, 4) is 0 Å². The van der Waals surface area contributed by atoms with Crippen molar-refractivity contribution < 1.29 is 9.90 Å². The highest BCUT2D eigenvalue weighted by molar-refractivity contribution is 9.10. The topological polar surface area (TPSA) is 88.0 Å². The van der Waals surface area contributed by atoms with Gasteiger partial charge in [-0.1, -0.05) is 15.9 Å². The van der Waals surface area contributed by atoms with E-state index >= 15 is 0 Å². The number of H-pyrrole nitrogens is 1. The molecule has 0 spiro atoms. The zero-order chi connectivity index (χ0) is 14.0. The van der Waals surface area contributed by atoms with E-state index in [9.17, 15) is 9.59 Å². The first-order chi connectivity index (χ1) is 9.02. The summed E-state index contributed by atoms with van der Waals surface area (Å²) < 4.78 is 2.21. The van der Waals surface area contributed by atoms with Crippen LogP contribution in [0.15, 0.2) is 37.5 Å². The molecule has 0 atom stereocenters. The fraction of sp³-hybridized carbons (Fsp3) is 0.182. The third kappa shape index (κ3) is 2.90. The van der Waals surface area contributed by atoms with Crippen LogP contribution < -0.4 is 5.69 Å². The Morgan fingerprint density at radius 2 is 2.32 bits per heavy atom. The molecule has 2 N–H and O–H groups in total. The molecule has 1 aromatic heterocycles. The quantitative estimate of drug-likeness (QED) is 0.888. The summed E-state index contributed by atoms with van der Waals surface area (Å²) in [5.41, 5.74) is -0.136. The average Bonchev–Trinajstić information content (AvgIpc) is 2.69. The van der Waals surface area contributed by atoms with Gasteiger partial charge in [-0.15, -0.1) is 5.10 Å². The lowest BCUT2D eigenvalue weighted by Crippen LogP contribution is -2.16. The fourth-order valence-corrected chi connectivity index (χ4v) is 3.09. The van der Waals surface area contributed by atoms with Gasteiger partial charge in [0.15, 0.2) is 5.16 Å². The molecule has 1 aromatic carbocycles. The van der Waals surface area contributed by atoms with Gasteiger partial charge in [0.2, 0.25) is 0 Å². The van der Waals surface area contributed by atoms with E-state index in [4.69, 9.17) is 5.11 Å².